The Hall–Kier alpha value is -1.07. The van der Waals surface area contributed by atoms with E-state index in [-0.39, 0.29) is 0 Å². The molecule has 5 heteroatoms. The molecule has 24 heavy (non-hydrogen) atoms. The van der Waals surface area contributed by atoms with Crippen molar-refractivity contribution in [2.75, 3.05) is 46.5 Å². The van der Waals surface area contributed by atoms with Crippen molar-refractivity contribution in [1.29, 1.82) is 0 Å². The summed E-state index contributed by atoms with van der Waals surface area (Å²) in [5.41, 5.74) is 1.60. The Labute approximate surface area is 147 Å². The van der Waals surface area contributed by atoms with Crippen LogP contribution in [0.4, 0.5) is 0 Å². The fourth-order valence-corrected chi connectivity index (χ4v) is 3.38. The second kappa shape index (κ2) is 11.5. The lowest BCUT2D eigenvalue weighted by Gasteiger charge is -2.34. The summed E-state index contributed by atoms with van der Waals surface area (Å²) in [7, 11) is 1.74. The summed E-state index contributed by atoms with van der Waals surface area (Å²) in [6.45, 7) is 7.62. The Morgan fingerprint density at radius 1 is 1.33 bits per heavy atom. The summed E-state index contributed by atoms with van der Waals surface area (Å²) in [6.07, 6.45) is 10.9. The number of methoxy groups -OCH3 is 1. The fourth-order valence-electron chi connectivity index (χ4n) is 3.38. The number of aliphatic imine (C=N–C) groups is 1. The van der Waals surface area contributed by atoms with Crippen molar-refractivity contribution in [1.82, 2.24) is 10.2 Å². The Morgan fingerprint density at radius 2 is 2.17 bits per heavy atom. The van der Waals surface area contributed by atoms with Crippen LogP contribution in [0.3, 0.4) is 0 Å². The van der Waals surface area contributed by atoms with Gasteiger partial charge in [0.05, 0.1) is 6.10 Å². The first-order chi connectivity index (χ1) is 11.8. The van der Waals surface area contributed by atoms with Crippen molar-refractivity contribution < 1.29 is 9.47 Å². The van der Waals surface area contributed by atoms with E-state index in [2.05, 4.69) is 23.2 Å². The van der Waals surface area contributed by atoms with Gasteiger partial charge in [0.25, 0.3) is 0 Å². The van der Waals surface area contributed by atoms with Crippen molar-refractivity contribution >= 4 is 5.96 Å². The molecule has 2 aliphatic rings. The Bertz CT molecular complexity index is 401. The smallest absolute Gasteiger partial charge is 0.193 e. The van der Waals surface area contributed by atoms with E-state index in [4.69, 9.17) is 14.5 Å². The molecule has 138 valence electrons. The maximum Gasteiger partial charge on any atom is 0.193 e. The van der Waals surface area contributed by atoms with E-state index in [1.807, 2.05) is 0 Å². The highest BCUT2D eigenvalue weighted by Crippen LogP contribution is 2.20. The third-order valence-corrected chi connectivity index (χ3v) is 4.75. The van der Waals surface area contributed by atoms with Gasteiger partial charge in [0.15, 0.2) is 5.96 Å². The third kappa shape index (κ3) is 6.81. The molecule has 0 saturated carbocycles. The normalized spacial score (nSPS) is 19.7. The van der Waals surface area contributed by atoms with Crippen molar-refractivity contribution in [3.63, 3.8) is 0 Å². The van der Waals surface area contributed by atoms with Gasteiger partial charge in [-0.3, -0.25) is 4.99 Å². The molecule has 1 aliphatic carbocycles. The number of allylic oxidation sites excluding steroid dienone is 1. The highest BCUT2D eigenvalue weighted by Gasteiger charge is 2.21. The van der Waals surface area contributed by atoms with Crippen LogP contribution in [0.15, 0.2) is 16.6 Å². The summed E-state index contributed by atoms with van der Waals surface area (Å²) in [5, 5.41) is 3.45. The third-order valence-electron chi connectivity index (χ3n) is 4.75. The molecule has 1 saturated heterocycles. The molecule has 1 N–H and O–H groups in total. The molecule has 0 bridgehead atoms. The van der Waals surface area contributed by atoms with E-state index in [0.29, 0.717) is 6.10 Å². The molecule has 1 aliphatic heterocycles. The van der Waals surface area contributed by atoms with Crippen molar-refractivity contribution in [3.8, 4) is 0 Å². The number of ether oxygens (including phenoxy) is 2. The van der Waals surface area contributed by atoms with Gasteiger partial charge in [0, 0.05) is 46.5 Å². The molecule has 1 fully saturated rings. The minimum absolute atomic E-state index is 0.393. The van der Waals surface area contributed by atoms with E-state index in [0.717, 1.165) is 71.0 Å². The highest BCUT2D eigenvalue weighted by atomic mass is 16.5. The van der Waals surface area contributed by atoms with Crippen LogP contribution in [0.5, 0.6) is 0 Å². The molecule has 0 amide bonds. The molecule has 0 aromatic heterocycles. The van der Waals surface area contributed by atoms with Crippen LogP contribution in [0.2, 0.25) is 0 Å². The molecule has 0 aromatic carbocycles. The molecule has 0 atom stereocenters. The minimum Gasteiger partial charge on any atom is -0.385 e. The molecule has 5 nitrogen and oxygen atoms in total. The predicted molar refractivity (Wildman–Crippen MR) is 99.6 cm³/mol. The van der Waals surface area contributed by atoms with E-state index < -0.39 is 0 Å². The summed E-state index contributed by atoms with van der Waals surface area (Å²) < 4.78 is 11.0. The highest BCUT2D eigenvalue weighted by molar-refractivity contribution is 5.80. The number of likely N-dealkylation sites (tertiary alicyclic amines) is 1. The lowest BCUT2D eigenvalue weighted by molar-refractivity contribution is 0.00991. The molecule has 0 aromatic rings. The van der Waals surface area contributed by atoms with Crippen molar-refractivity contribution in [3.05, 3.63) is 11.6 Å². The van der Waals surface area contributed by atoms with Gasteiger partial charge in [0.2, 0.25) is 0 Å². The quantitative estimate of drug-likeness (QED) is 0.304. The Kier molecular flexibility index (Phi) is 9.21. The second-order valence-electron chi connectivity index (χ2n) is 6.64. The number of rotatable bonds is 9. The number of hydrogen-bond donors (Lipinski definition) is 1. The zero-order valence-corrected chi connectivity index (χ0v) is 15.6. The van der Waals surface area contributed by atoms with Crippen LogP contribution in [0, 0.1) is 0 Å². The molecular weight excluding hydrogens is 302 g/mol. The van der Waals surface area contributed by atoms with Crippen LogP contribution >= 0.6 is 0 Å². The van der Waals surface area contributed by atoms with E-state index in [1.165, 1.54) is 19.3 Å². The topological polar surface area (TPSA) is 46.1 Å². The summed E-state index contributed by atoms with van der Waals surface area (Å²) in [4.78, 5) is 7.24. The fraction of sp³-hybridized carbons (Fsp3) is 0.842. The van der Waals surface area contributed by atoms with Crippen molar-refractivity contribution in [2.45, 2.75) is 58.0 Å². The molecule has 1 heterocycles. The van der Waals surface area contributed by atoms with Crippen LogP contribution in [-0.2, 0) is 9.47 Å². The van der Waals surface area contributed by atoms with Crippen LogP contribution < -0.4 is 5.32 Å². The largest absolute Gasteiger partial charge is 0.385 e. The molecule has 2 rings (SSSR count). The number of hydrogen-bond acceptors (Lipinski definition) is 3. The molecular formula is C19H35N3O2. The van der Waals surface area contributed by atoms with Gasteiger partial charge in [-0.2, -0.15) is 0 Å². The average Bonchev–Trinajstić information content (AvgIpc) is 3.12. The lowest BCUT2D eigenvalue weighted by Crippen LogP contribution is -2.47. The Morgan fingerprint density at radius 3 is 2.83 bits per heavy atom. The number of piperidine rings is 1. The van der Waals surface area contributed by atoms with Gasteiger partial charge in [0.1, 0.15) is 0 Å². The summed E-state index contributed by atoms with van der Waals surface area (Å²) in [6, 6.07) is 0. The molecule has 0 radical (unpaired) electrons. The monoisotopic (exact) mass is 337 g/mol. The average molecular weight is 338 g/mol. The van der Waals surface area contributed by atoms with Crippen LogP contribution in [0.25, 0.3) is 0 Å². The van der Waals surface area contributed by atoms with Crippen LogP contribution in [-0.4, -0.2) is 63.5 Å². The van der Waals surface area contributed by atoms with Gasteiger partial charge in [-0.05, 0) is 51.9 Å². The van der Waals surface area contributed by atoms with Gasteiger partial charge >= 0.3 is 0 Å². The van der Waals surface area contributed by atoms with E-state index in [9.17, 15) is 0 Å². The van der Waals surface area contributed by atoms with Gasteiger partial charge < -0.3 is 19.7 Å². The lowest BCUT2D eigenvalue weighted by atomic mass is 10.1. The van der Waals surface area contributed by atoms with E-state index >= 15 is 0 Å². The maximum atomic E-state index is 5.95. The van der Waals surface area contributed by atoms with Crippen molar-refractivity contribution in [2.24, 2.45) is 4.99 Å². The first-order valence-corrected chi connectivity index (χ1v) is 9.65. The summed E-state index contributed by atoms with van der Waals surface area (Å²) in [5.74, 6) is 1.08. The predicted octanol–water partition coefficient (Wildman–Crippen LogP) is 2.97. The minimum atomic E-state index is 0.393. The number of nitrogens with one attached hydrogen (secondary N) is 1. The first-order valence-electron chi connectivity index (χ1n) is 9.65. The van der Waals surface area contributed by atoms with Crippen LogP contribution in [0.1, 0.15) is 51.9 Å². The zero-order valence-electron chi connectivity index (χ0n) is 15.6. The number of guanidine groups is 1. The van der Waals surface area contributed by atoms with Gasteiger partial charge in [-0.25, -0.2) is 0 Å². The standard InChI is InChI=1S/C19H35N3O2/c1-3-20-19(21-12-9-17-7-4-5-8-17)22-13-10-18(11-14-22)24-16-6-15-23-2/h7,18H,3-6,8-16H2,1-2H3,(H,20,21). The maximum absolute atomic E-state index is 5.95. The SMILES string of the molecule is CCNC(=NCCC1=CCCC1)N1CCC(OCCCOC)CC1. The second-order valence-corrected chi connectivity index (χ2v) is 6.64. The summed E-state index contributed by atoms with van der Waals surface area (Å²) >= 11 is 0. The number of nitrogens with zero attached hydrogens (tertiary/aromatic N) is 2. The first kappa shape index (κ1) is 19.3. The van der Waals surface area contributed by atoms with Gasteiger partial charge in [-0.15, -0.1) is 0 Å². The molecule has 0 spiro atoms. The Balaban J connectivity index is 1.71. The molecule has 0 unspecified atom stereocenters. The van der Waals surface area contributed by atoms with Gasteiger partial charge in [-0.1, -0.05) is 11.6 Å². The zero-order chi connectivity index (χ0) is 17.0. The van der Waals surface area contributed by atoms with E-state index in [1.54, 1.807) is 12.7 Å².